The van der Waals surface area contributed by atoms with Gasteiger partial charge in [0.25, 0.3) is 5.91 Å². The Balaban J connectivity index is 1.64. The lowest BCUT2D eigenvalue weighted by Crippen LogP contribution is -2.16. The van der Waals surface area contributed by atoms with Crippen molar-refractivity contribution in [2.45, 2.75) is 12.8 Å². The van der Waals surface area contributed by atoms with Crippen LogP contribution in [0.5, 0.6) is 0 Å². The number of nitrogens with zero attached hydrogens (tertiary/aromatic N) is 2. The van der Waals surface area contributed by atoms with Crippen LogP contribution in [0.4, 0.5) is 5.82 Å². The van der Waals surface area contributed by atoms with E-state index >= 15 is 0 Å². The average Bonchev–Trinajstić information content (AvgIpc) is 3.14. The molecule has 0 spiro atoms. The predicted molar refractivity (Wildman–Crippen MR) is 84.4 cm³/mol. The minimum Gasteiger partial charge on any atom is -0.355 e. The van der Waals surface area contributed by atoms with Crippen LogP contribution in [0.2, 0.25) is 5.02 Å². The lowest BCUT2D eigenvalue weighted by molar-refractivity contribution is 0.101. The lowest BCUT2D eigenvalue weighted by Gasteiger charge is -2.10. The van der Waals surface area contributed by atoms with Gasteiger partial charge in [0.2, 0.25) is 0 Å². The smallest absolute Gasteiger partial charge is 0.279 e. The van der Waals surface area contributed by atoms with E-state index in [1.807, 2.05) is 11.4 Å². The molecule has 0 atom stereocenters. The third kappa shape index (κ3) is 2.20. The number of carbonyl (C=O) groups is 1. The number of nitrogens with one attached hydrogen (secondary N) is 1. The minimum atomic E-state index is -0.321. The van der Waals surface area contributed by atoms with Gasteiger partial charge in [-0.3, -0.25) is 4.79 Å². The first kappa shape index (κ1) is 13.5. The Morgan fingerprint density at radius 1 is 1.32 bits per heavy atom. The Kier molecular flexibility index (Phi) is 3.20. The molecule has 0 bridgehead atoms. The number of fused-ring (bicyclic) bond motifs is 3. The van der Waals surface area contributed by atoms with Crippen LogP contribution in [0.1, 0.15) is 20.9 Å². The molecule has 22 heavy (non-hydrogen) atoms. The molecule has 0 unspecified atom stereocenters. The predicted octanol–water partition coefficient (Wildman–Crippen LogP) is 3.80. The zero-order chi connectivity index (χ0) is 15.1. The second-order valence-electron chi connectivity index (χ2n) is 4.91. The van der Waals surface area contributed by atoms with Crippen molar-refractivity contribution in [1.82, 2.24) is 10.1 Å². The second kappa shape index (κ2) is 5.23. The SMILES string of the molecule is O=C(Nc1ccc(Cl)cn1)c1noc2c1CCc1sccc1-2. The summed E-state index contributed by atoms with van der Waals surface area (Å²) in [5.74, 6) is 0.813. The van der Waals surface area contributed by atoms with E-state index in [4.69, 9.17) is 16.1 Å². The maximum Gasteiger partial charge on any atom is 0.279 e. The van der Waals surface area contributed by atoms with Gasteiger partial charge in [-0.15, -0.1) is 11.3 Å². The third-order valence-electron chi connectivity index (χ3n) is 3.56. The number of aryl methyl sites for hydroxylation is 1. The Bertz CT molecular complexity index is 854. The molecule has 1 aliphatic rings. The van der Waals surface area contributed by atoms with E-state index in [2.05, 4.69) is 15.5 Å². The molecule has 3 aromatic rings. The summed E-state index contributed by atoms with van der Waals surface area (Å²) in [4.78, 5) is 17.7. The molecule has 1 N–H and O–H groups in total. The van der Waals surface area contributed by atoms with Gasteiger partial charge in [-0.25, -0.2) is 4.98 Å². The van der Waals surface area contributed by atoms with Crippen LogP contribution in [0.25, 0.3) is 11.3 Å². The van der Waals surface area contributed by atoms with Crippen molar-refractivity contribution in [3.63, 3.8) is 0 Å². The van der Waals surface area contributed by atoms with Gasteiger partial charge in [-0.2, -0.15) is 0 Å². The topological polar surface area (TPSA) is 68.0 Å². The fourth-order valence-electron chi connectivity index (χ4n) is 2.53. The van der Waals surface area contributed by atoms with Gasteiger partial charge in [0.1, 0.15) is 5.82 Å². The molecule has 5 nitrogen and oxygen atoms in total. The molecular formula is C15H10ClN3O2S. The summed E-state index contributed by atoms with van der Waals surface area (Å²) < 4.78 is 5.40. The van der Waals surface area contributed by atoms with E-state index < -0.39 is 0 Å². The van der Waals surface area contributed by atoms with Crippen molar-refractivity contribution < 1.29 is 9.32 Å². The summed E-state index contributed by atoms with van der Waals surface area (Å²) in [6.45, 7) is 0. The summed E-state index contributed by atoms with van der Waals surface area (Å²) in [7, 11) is 0. The highest BCUT2D eigenvalue weighted by atomic mass is 35.5. The van der Waals surface area contributed by atoms with Crippen LogP contribution in [0.3, 0.4) is 0 Å². The van der Waals surface area contributed by atoms with E-state index in [1.54, 1.807) is 23.5 Å². The maximum atomic E-state index is 12.4. The second-order valence-corrected chi connectivity index (χ2v) is 6.35. The Morgan fingerprint density at radius 3 is 3.05 bits per heavy atom. The molecule has 3 aromatic heterocycles. The first-order valence-electron chi connectivity index (χ1n) is 6.70. The van der Waals surface area contributed by atoms with Crippen molar-refractivity contribution in [2.24, 2.45) is 0 Å². The highest BCUT2D eigenvalue weighted by Crippen LogP contribution is 2.38. The largest absolute Gasteiger partial charge is 0.355 e. The first-order chi connectivity index (χ1) is 10.7. The number of hydrogen-bond acceptors (Lipinski definition) is 5. The average molecular weight is 332 g/mol. The van der Waals surface area contributed by atoms with E-state index in [9.17, 15) is 4.79 Å². The van der Waals surface area contributed by atoms with Crippen molar-refractivity contribution in [3.05, 3.63) is 50.9 Å². The van der Waals surface area contributed by atoms with Crippen LogP contribution in [0.15, 0.2) is 34.3 Å². The number of halogens is 1. The number of amides is 1. The molecule has 1 amide bonds. The van der Waals surface area contributed by atoms with E-state index in [-0.39, 0.29) is 5.91 Å². The summed E-state index contributed by atoms with van der Waals surface area (Å²) in [6, 6.07) is 5.31. The number of hydrogen-bond donors (Lipinski definition) is 1. The number of rotatable bonds is 2. The van der Waals surface area contributed by atoms with Gasteiger partial charge in [-0.1, -0.05) is 16.8 Å². The van der Waals surface area contributed by atoms with Crippen LogP contribution in [-0.4, -0.2) is 16.0 Å². The highest BCUT2D eigenvalue weighted by molar-refractivity contribution is 7.10. The summed E-state index contributed by atoms with van der Waals surface area (Å²) in [6.07, 6.45) is 3.14. The molecule has 0 saturated heterocycles. The van der Waals surface area contributed by atoms with Crippen molar-refractivity contribution in [2.75, 3.05) is 5.32 Å². The zero-order valence-corrected chi connectivity index (χ0v) is 12.9. The lowest BCUT2D eigenvalue weighted by atomic mass is 9.95. The quantitative estimate of drug-likeness (QED) is 0.775. The van der Waals surface area contributed by atoms with Crippen LogP contribution < -0.4 is 5.32 Å². The number of anilines is 1. The zero-order valence-electron chi connectivity index (χ0n) is 11.3. The Labute approximate surface area is 134 Å². The third-order valence-corrected chi connectivity index (χ3v) is 4.77. The fourth-order valence-corrected chi connectivity index (χ4v) is 3.52. The summed E-state index contributed by atoms with van der Waals surface area (Å²) >= 11 is 7.48. The van der Waals surface area contributed by atoms with Crippen molar-refractivity contribution >= 4 is 34.7 Å². The molecule has 0 fully saturated rings. The molecule has 110 valence electrons. The molecule has 3 heterocycles. The number of pyridine rings is 1. The normalized spacial score (nSPS) is 12.6. The van der Waals surface area contributed by atoms with Gasteiger partial charge < -0.3 is 9.84 Å². The Morgan fingerprint density at radius 2 is 2.23 bits per heavy atom. The molecule has 7 heteroatoms. The number of aromatic nitrogens is 2. The molecule has 0 radical (unpaired) electrons. The van der Waals surface area contributed by atoms with E-state index in [1.165, 1.54) is 11.1 Å². The molecule has 4 rings (SSSR count). The molecular weight excluding hydrogens is 322 g/mol. The summed E-state index contributed by atoms with van der Waals surface area (Å²) in [5.41, 5.74) is 2.23. The van der Waals surface area contributed by atoms with Crippen LogP contribution >= 0.6 is 22.9 Å². The molecule has 0 aromatic carbocycles. The van der Waals surface area contributed by atoms with Crippen molar-refractivity contribution in [3.8, 4) is 11.3 Å². The van der Waals surface area contributed by atoms with Gasteiger partial charge in [0.05, 0.1) is 5.02 Å². The van der Waals surface area contributed by atoms with E-state index in [0.29, 0.717) is 22.3 Å². The van der Waals surface area contributed by atoms with Crippen LogP contribution in [0, 0.1) is 0 Å². The highest BCUT2D eigenvalue weighted by Gasteiger charge is 2.28. The standard InChI is InChI=1S/C15H10ClN3O2S/c16-8-1-4-12(17-7-8)18-15(20)13-10-2-3-11-9(5-6-22-11)14(10)21-19-13/h1,4-7H,2-3H2,(H,17,18,20). The molecule has 0 saturated carbocycles. The minimum absolute atomic E-state index is 0.321. The molecule has 1 aliphatic carbocycles. The van der Waals surface area contributed by atoms with Gasteiger partial charge in [0, 0.05) is 22.2 Å². The van der Waals surface area contributed by atoms with Gasteiger partial charge in [-0.05, 0) is 36.4 Å². The van der Waals surface area contributed by atoms with E-state index in [0.717, 1.165) is 24.0 Å². The maximum absolute atomic E-state index is 12.4. The molecule has 0 aliphatic heterocycles. The van der Waals surface area contributed by atoms with Gasteiger partial charge in [0.15, 0.2) is 11.5 Å². The number of thiophene rings is 1. The Hall–Kier alpha value is -2.18. The van der Waals surface area contributed by atoms with Crippen molar-refractivity contribution in [1.29, 1.82) is 0 Å². The fraction of sp³-hybridized carbons (Fsp3) is 0.133. The van der Waals surface area contributed by atoms with Crippen LogP contribution in [-0.2, 0) is 12.8 Å². The summed E-state index contributed by atoms with van der Waals surface area (Å²) in [5, 5.41) is 9.21. The van der Waals surface area contributed by atoms with Gasteiger partial charge >= 0.3 is 0 Å². The number of carbonyl (C=O) groups excluding carboxylic acids is 1. The monoisotopic (exact) mass is 331 g/mol. The first-order valence-corrected chi connectivity index (χ1v) is 7.96.